The quantitative estimate of drug-likeness (QED) is 0.683. The van der Waals surface area contributed by atoms with E-state index in [1.807, 2.05) is 13.0 Å². The third-order valence-corrected chi connectivity index (χ3v) is 2.70. The van der Waals surface area contributed by atoms with E-state index in [1.54, 1.807) is 30.3 Å². The highest BCUT2D eigenvalue weighted by Gasteiger charge is 2.15. The van der Waals surface area contributed by atoms with Crippen molar-refractivity contribution in [3.63, 3.8) is 0 Å². The molecule has 0 radical (unpaired) electrons. The normalized spacial score (nSPS) is 10.1. The maximum atomic E-state index is 11.9. The fourth-order valence-corrected chi connectivity index (χ4v) is 1.81. The number of carbonyl (C=O) groups is 1. The highest BCUT2D eigenvalue weighted by Crippen LogP contribution is 2.18. The molecule has 0 fully saturated rings. The molecule has 0 saturated heterocycles. The van der Waals surface area contributed by atoms with Crippen LogP contribution in [0.15, 0.2) is 42.5 Å². The average Bonchev–Trinajstić information content (AvgIpc) is 2.38. The van der Waals surface area contributed by atoms with Crippen molar-refractivity contribution >= 4 is 17.4 Å². The summed E-state index contributed by atoms with van der Waals surface area (Å²) in [6, 6.07) is 11.5. The van der Waals surface area contributed by atoms with Gasteiger partial charge in [-0.2, -0.15) is 0 Å². The number of para-hydroxylation sites is 1. The van der Waals surface area contributed by atoms with Crippen molar-refractivity contribution in [2.75, 3.05) is 5.32 Å². The van der Waals surface area contributed by atoms with Crippen molar-refractivity contribution in [3.8, 4) is 0 Å². The first kappa shape index (κ1) is 13.7. The first-order valence-electron chi connectivity index (χ1n) is 6.02. The van der Waals surface area contributed by atoms with Crippen LogP contribution < -0.4 is 5.32 Å². The molecule has 6 heteroatoms. The third-order valence-electron chi connectivity index (χ3n) is 2.70. The molecule has 0 spiro atoms. The van der Waals surface area contributed by atoms with Crippen molar-refractivity contribution in [1.29, 1.82) is 0 Å². The Morgan fingerprint density at radius 1 is 1.25 bits per heavy atom. The first-order valence-corrected chi connectivity index (χ1v) is 6.02. The number of anilines is 1. The van der Waals surface area contributed by atoms with Gasteiger partial charge in [0.2, 0.25) is 5.91 Å². The fraction of sp³-hybridized carbons (Fsp3) is 0.143. The number of hydrogen-bond acceptors (Lipinski definition) is 4. The molecule has 6 nitrogen and oxygen atoms in total. The average molecular weight is 271 g/mol. The molecule has 102 valence electrons. The fourth-order valence-electron chi connectivity index (χ4n) is 1.81. The Labute approximate surface area is 115 Å². The SMILES string of the molecule is Cc1cccc(NC(=O)Cc2ccccc2[N+](=O)[O-])n1. The van der Waals surface area contributed by atoms with E-state index in [9.17, 15) is 14.9 Å². The number of nitrogens with zero attached hydrogens (tertiary/aromatic N) is 2. The van der Waals surface area contributed by atoms with Crippen LogP contribution in [0.5, 0.6) is 0 Å². The minimum absolute atomic E-state index is 0.0557. The van der Waals surface area contributed by atoms with Gasteiger partial charge in [0.05, 0.1) is 11.3 Å². The van der Waals surface area contributed by atoms with Gasteiger partial charge in [-0.05, 0) is 19.1 Å². The number of benzene rings is 1. The van der Waals surface area contributed by atoms with Gasteiger partial charge in [0.1, 0.15) is 5.82 Å². The van der Waals surface area contributed by atoms with Crippen LogP contribution >= 0.6 is 0 Å². The number of pyridine rings is 1. The van der Waals surface area contributed by atoms with Gasteiger partial charge >= 0.3 is 0 Å². The van der Waals surface area contributed by atoms with Crippen LogP contribution in [0.1, 0.15) is 11.3 Å². The number of nitrogens with one attached hydrogen (secondary N) is 1. The highest BCUT2D eigenvalue weighted by molar-refractivity contribution is 5.91. The van der Waals surface area contributed by atoms with Gasteiger partial charge in [0.15, 0.2) is 0 Å². The molecule has 1 aromatic carbocycles. The lowest BCUT2D eigenvalue weighted by Gasteiger charge is -2.05. The Balaban J connectivity index is 2.11. The molecule has 1 amide bonds. The lowest BCUT2D eigenvalue weighted by molar-refractivity contribution is -0.385. The topological polar surface area (TPSA) is 85.1 Å². The number of aromatic nitrogens is 1. The van der Waals surface area contributed by atoms with Gasteiger partial charge in [0, 0.05) is 17.3 Å². The Kier molecular flexibility index (Phi) is 4.05. The minimum atomic E-state index is -0.493. The number of amides is 1. The van der Waals surface area contributed by atoms with Gasteiger partial charge < -0.3 is 5.32 Å². The van der Waals surface area contributed by atoms with Gasteiger partial charge in [-0.15, -0.1) is 0 Å². The Morgan fingerprint density at radius 3 is 2.70 bits per heavy atom. The minimum Gasteiger partial charge on any atom is -0.310 e. The summed E-state index contributed by atoms with van der Waals surface area (Å²) in [4.78, 5) is 26.4. The predicted octanol–water partition coefficient (Wildman–Crippen LogP) is 2.48. The summed E-state index contributed by atoms with van der Waals surface area (Å²) in [6.45, 7) is 1.82. The van der Waals surface area contributed by atoms with Crippen molar-refractivity contribution in [2.45, 2.75) is 13.3 Å². The van der Waals surface area contributed by atoms with Crippen LogP contribution in [0.2, 0.25) is 0 Å². The van der Waals surface area contributed by atoms with E-state index < -0.39 is 4.92 Å². The van der Waals surface area contributed by atoms with Gasteiger partial charge in [-0.1, -0.05) is 24.3 Å². The zero-order chi connectivity index (χ0) is 14.5. The van der Waals surface area contributed by atoms with E-state index in [2.05, 4.69) is 10.3 Å². The van der Waals surface area contributed by atoms with E-state index in [4.69, 9.17) is 0 Å². The molecule has 2 aromatic rings. The molecule has 0 bridgehead atoms. The smallest absolute Gasteiger partial charge is 0.273 e. The Morgan fingerprint density at radius 2 is 2.00 bits per heavy atom. The number of aryl methyl sites for hydroxylation is 1. The lowest BCUT2D eigenvalue weighted by Crippen LogP contribution is -2.16. The van der Waals surface area contributed by atoms with Crippen LogP contribution in [-0.2, 0) is 11.2 Å². The van der Waals surface area contributed by atoms with Crippen molar-refractivity contribution < 1.29 is 9.72 Å². The summed E-state index contributed by atoms with van der Waals surface area (Å²) < 4.78 is 0. The second-order valence-corrected chi connectivity index (χ2v) is 4.27. The highest BCUT2D eigenvalue weighted by atomic mass is 16.6. The van der Waals surface area contributed by atoms with E-state index in [-0.39, 0.29) is 18.0 Å². The number of nitro benzene ring substituents is 1. The van der Waals surface area contributed by atoms with Gasteiger partial charge in [0.25, 0.3) is 5.69 Å². The molecule has 0 atom stereocenters. The molecular formula is C14H13N3O3. The predicted molar refractivity (Wildman–Crippen MR) is 74.4 cm³/mol. The maximum Gasteiger partial charge on any atom is 0.273 e. The molecule has 1 aromatic heterocycles. The number of rotatable bonds is 4. The molecule has 1 heterocycles. The molecule has 1 N–H and O–H groups in total. The maximum absolute atomic E-state index is 11.9. The van der Waals surface area contributed by atoms with Crippen molar-refractivity contribution in [3.05, 3.63) is 63.8 Å². The molecule has 0 aliphatic heterocycles. The van der Waals surface area contributed by atoms with Crippen molar-refractivity contribution in [2.24, 2.45) is 0 Å². The second kappa shape index (κ2) is 5.92. The van der Waals surface area contributed by atoms with Gasteiger partial charge in [-0.3, -0.25) is 14.9 Å². The lowest BCUT2D eigenvalue weighted by atomic mass is 10.1. The summed E-state index contributed by atoms with van der Waals surface area (Å²) in [6.07, 6.45) is -0.0627. The molecule has 2 rings (SSSR count). The van der Waals surface area contributed by atoms with Crippen LogP contribution in [0.4, 0.5) is 11.5 Å². The third kappa shape index (κ3) is 3.38. The van der Waals surface area contributed by atoms with Crippen LogP contribution in [-0.4, -0.2) is 15.8 Å². The van der Waals surface area contributed by atoms with Crippen LogP contribution in [0.3, 0.4) is 0 Å². The molecule has 0 saturated carbocycles. The summed E-state index contributed by atoms with van der Waals surface area (Å²) in [5.74, 6) is 0.103. The Hall–Kier alpha value is -2.76. The first-order chi connectivity index (χ1) is 9.56. The van der Waals surface area contributed by atoms with E-state index in [0.29, 0.717) is 11.4 Å². The molecule has 0 aliphatic rings. The van der Waals surface area contributed by atoms with Crippen LogP contribution in [0.25, 0.3) is 0 Å². The molecule has 20 heavy (non-hydrogen) atoms. The van der Waals surface area contributed by atoms with Gasteiger partial charge in [-0.25, -0.2) is 4.98 Å². The monoisotopic (exact) mass is 271 g/mol. The van der Waals surface area contributed by atoms with E-state index >= 15 is 0 Å². The van der Waals surface area contributed by atoms with E-state index in [1.165, 1.54) is 6.07 Å². The Bertz CT molecular complexity index is 656. The van der Waals surface area contributed by atoms with Crippen LogP contribution in [0, 0.1) is 17.0 Å². The van der Waals surface area contributed by atoms with E-state index in [0.717, 1.165) is 5.69 Å². The summed E-state index contributed by atoms with van der Waals surface area (Å²) in [5.41, 5.74) is 1.11. The molecule has 0 aliphatic carbocycles. The van der Waals surface area contributed by atoms with Crippen molar-refractivity contribution in [1.82, 2.24) is 4.98 Å². The number of hydrogen-bond donors (Lipinski definition) is 1. The summed E-state index contributed by atoms with van der Waals surface area (Å²) in [7, 11) is 0. The standard InChI is InChI=1S/C14H13N3O3/c1-10-5-4-8-13(15-10)16-14(18)9-11-6-2-3-7-12(11)17(19)20/h2-8H,9H2,1H3,(H,15,16,18). The second-order valence-electron chi connectivity index (χ2n) is 4.27. The zero-order valence-electron chi connectivity index (χ0n) is 10.9. The summed E-state index contributed by atoms with van der Waals surface area (Å²) >= 11 is 0. The zero-order valence-corrected chi connectivity index (χ0v) is 10.9. The summed E-state index contributed by atoms with van der Waals surface area (Å²) in [5, 5.41) is 13.5. The number of nitro groups is 1. The molecule has 0 unspecified atom stereocenters. The largest absolute Gasteiger partial charge is 0.310 e. The number of carbonyl (C=O) groups excluding carboxylic acids is 1. The molecular weight excluding hydrogens is 258 g/mol.